The van der Waals surface area contributed by atoms with Gasteiger partial charge in [-0.25, -0.2) is 0 Å². The Balaban J connectivity index is 1.96. The second-order valence-corrected chi connectivity index (χ2v) is 6.42. The zero-order chi connectivity index (χ0) is 19.6. The number of rotatable bonds is 5. The van der Waals surface area contributed by atoms with E-state index < -0.39 is 6.04 Å². The number of anilines is 1. The fourth-order valence-electron chi connectivity index (χ4n) is 2.84. The molecule has 0 radical (unpaired) electrons. The Morgan fingerprint density at radius 3 is 2.85 bits per heavy atom. The highest BCUT2D eigenvalue weighted by Crippen LogP contribution is 2.34. The topological polar surface area (TPSA) is 109 Å². The number of nitrogens with zero attached hydrogens (tertiary/aromatic N) is 1. The third-order valence-corrected chi connectivity index (χ3v) is 4.22. The van der Waals surface area contributed by atoms with E-state index in [0.717, 1.165) is 5.56 Å². The maximum atomic E-state index is 12.9. The molecule has 2 aromatic rings. The van der Waals surface area contributed by atoms with Gasteiger partial charge in [-0.05, 0) is 50.7 Å². The summed E-state index contributed by atoms with van der Waals surface area (Å²) in [7, 11) is 0. The van der Waals surface area contributed by atoms with Crippen molar-refractivity contribution < 1.29 is 19.2 Å². The molecule has 1 atom stereocenters. The van der Waals surface area contributed by atoms with Crippen molar-refractivity contribution in [2.75, 3.05) is 11.9 Å². The van der Waals surface area contributed by atoms with Crippen molar-refractivity contribution in [3.8, 4) is 11.5 Å². The zero-order valence-corrected chi connectivity index (χ0v) is 15.9. The van der Waals surface area contributed by atoms with Crippen LogP contribution in [0.1, 0.15) is 31.2 Å². The van der Waals surface area contributed by atoms with Gasteiger partial charge in [0.05, 0.1) is 18.2 Å². The summed E-state index contributed by atoms with van der Waals surface area (Å²) in [5, 5.41) is 22.9. The number of hydrogen-bond acceptors (Lipinski definition) is 6. The number of aryl methyl sites for hydroxylation is 1. The minimum absolute atomic E-state index is 0.0295. The average molecular weight is 388 g/mol. The lowest BCUT2D eigenvalue weighted by atomic mass is 9.94. The third-order valence-electron chi connectivity index (χ3n) is 4.00. The molecule has 142 valence electrons. The van der Waals surface area contributed by atoms with E-state index in [9.17, 15) is 9.90 Å². The number of nitrogens with one attached hydrogen (secondary N) is 3. The molecule has 4 N–H and O–H groups in total. The molecule has 1 aromatic carbocycles. The summed E-state index contributed by atoms with van der Waals surface area (Å²) in [6.45, 7) is 5.74. The Bertz CT molecular complexity index is 922. The van der Waals surface area contributed by atoms with Gasteiger partial charge in [0.25, 0.3) is 5.91 Å². The van der Waals surface area contributed by atoms with E-state index in [-0.39, 0.29) is 11.7 Å². The number of benzene rings is 1. The number of allylic oxidation sites excluding steroid dienone is 1. The van der Waals surface area contributed by atoms with Crippen molar-refractivity contribution in [1.82, 2.24) is 15.8 Å². The van der Waals surface area contributed by atoms with Crippen molar-refractivity contribution in [2.45, 2.75) is 26.8 Å². The molecule has 1 amide bonds. The van der Waals surface area contributed by atoms with Crippen LogP contribution in [0.2, 0.25) is 0 Å². The molecule has 27 heavy (non-hydrogen) atoms. The Morgan fingerprint density at radius 1 is 1.41 bits per heavy atom. The van der Waals surface area contributed by atoms with Crippen molar-refractivity contribution in [1.29, 1.82) is 0 Å². The highest BCUT2D eigenvalue weighted by molar-refractivity contribution is 7.80. The molecule has 2 heterocycles. The molecular weight excluding hydrogens is 368 g/mol. The number of phenols is 1. The summed E-state index contributed by atoms with van der Waals surface area (Å²) < 4.78 is 10.4. The van der Waals surface area contributed by atoms with E-state index in [4.69, 9.17) is 21.5 Å². The fraction of sp³-hybridized carbons (Fsp3) is 0.278. The number of carbonyl (C=O) groups is 1. The normalized spacial score (nSPS) is 16.6. The number of hydrogen-bond donors (Lipinski definition) is 4. The Labute approximate surface area is 161 Å². The molecule has 0 fully saturated rings. The van der Waals surface area contributed by atoms with Crippen LogP contribution in [0.15, 0.2) is 40.1 Å². The van der Waals surface area contributed by atoms with Crippen LogP contribution in [-0.2, 0) is 4.79 Å². The van der Waals surface area contributed by atoms with Crippen LogP contribution in [0.25, 0.3) is 0 Å². The van der Waals surface area contributed by atoms with Gasteiger partial charge in [0.1, 0.15) is 5.76 Å². The van der Waals surface area contributed by atoms with Gasteiger partial charge < -0.3 is 30.3 Å². The molecule has 8 nitrogen and oxygen atoms in total. The number of phenolic OH excluding ortho intramolecular Hbond substituents is 1. The molecule has 9 heteroatoms. The second-order valence-electron chi connectivity index (χ2n) is 6.01. The first kappa shape index (κ1) is 18.7. The van der Waals surface area contributed by atoms with Crippen molar-refractivity contribution in [3.05, 3.63) is 46.9 Å². The van der Waals surface area contributed by atoms with Crippen LogP contribution in [0.5, 0.6) is 11.5 Å². The number of aromatic nitrogens is 1. The van der Waals surface area contributed by atoms with Gasteiger partial charge >= 0.3 is 0 Å². The lowest BCUT2D eigenvalue weighted by Crippen LogP contribution is -2.45. The molecule has 1 aromatic heterocycles. The Kier molecular flexibility index (Phi) is 5.31. The maximum Gasteiger partial charge on any atom is 0.257 e. The summed E-state index contributed by atoms with van der Waals surface area (Å²) in [6.07, 6.45) is 0. The standard InChI is InChI=1S/C18H20N4O4S/c1-4-25-13-8-11(5-6-12(13)23)16-15(10(3)19-18(27)21-16)17(24)20-14-7-9(2)26-22-14/h5-8,16,23H,4H2,1-3H3,(H2,19,21,27)(H,20,22,24). The first-order chi connectivity index (χ1) is 12.9. The molecule has 0 saturated carbocycles. The monoisotopic (exact) mass is 388 g/mol. The minimum Gasteiger partial charge on any atom is -0.504 e. The van der Waals surface area contributed by atoms with Crippen LogP contribution >= 0.6 is 12.2 Å². The third kappa shape index (κ3) is 4.03. The predicted molar refractivity (Wildman–Crippen MR) is 103 cm³/mol. The van der Waals surface area contributed by atoms with Gasteiger partial charge in [-0.15, -0.1) is 0 Å². The number of aromatic hydroxyl groups is 1. The van der Waals surface area contributed by atoms with Crippen LogP contribution in [0, 0.1) is 6.92 Å². The first-order valence-electron chi connectivity index (χ1n) is 8.37. The molecule has 0 spiro atoms. The van der Waals surface area contributed by atoms with Crippen molar-refractivity contribution in [2.24, 2.45) is 0 Å². The molecule has 0 bridgehead atoms. The number of amides is 1. The lowest BCUT2D eigenvalue weighted by molar-refractivity contribution is -0.113. The molecule has 1 unspecified atom stereocenters. The van der Waals surface area contributed by atoms with E-state index in [1.807, 2.05) is 6.92 Å². The van der Waals surface area contributed by atoms with Gasteiger partial charge in [-0.3, -0.25) is 4.79 Å². The van der Waals surface area contributed by atoms with Gasteiger partial charge in [-0.2, -0.15) is 0 Å². The van der Waals surface area contributed by atoms with E-state index in [1.165, 1.54) is 6.07 Å². The highest BCUT2D eigenvalue weighted by atomic mass is 32.1. The molecule has 3 rings (SSSR count). The van der Waals surface area contributed by atoms with Gasteiger partial charge in [0, 0.05) is 11.8 Å². The van der Waals surface area contributed by atoms with Crippen molar-refractivity contribution in [3.63, 3.8) is 0 Å². The second kappa shape index (κ2) is 7.67. The Hall–Kier alpha value is -3.07. The first-order valence-corrected chi connectivity index (χ1v) is 8.78. The number of ether oxygens (including phenoxy) is 1. The molecule has 0 saturated heterocycles. The molecule has 1 aliphatic heterocycles. The van der Waals surface area contributed by atoms with Crippen LogP contribution in [0.4, 0.5) is 5.82 Å². The molecule has 1 aliphatic rings. The van der Waals surface area contributed by atoms with E-state index in [0.29, 0.717) is 40.3 Å². The van der Waals surface area contributed by atoms with Gasteiger partial charge in [0.2, 0.25) is 0 Å². The zero-order valence-electron chi connectivity index (χ0n) is 15.1. The number of thiocarbonyl (C=S) groups is 1. The minimum atomic E-state index is -0.522. The summed E-state index contributed by atoms with van der Waals surface area (Å²) >= 11 is 5.25. The molecular formula is C18H20N4O4S. The van der Waals surface area contributed by atoms with E-state index >= 15 is 0 Å². The van der Waals surface area contributed by atoms with E-state index in [2.05, 4.69) is 21.1 Å². The van der Waals surface area contributed by atoms with Crippen LogP contribution in [-0.4, -0.2) is 27.9 Å². The van der Waals surface area contributed by atoms with Gasteiger partial charge in [-0.1, -0.05) is 11.2 Å². The SMILES string of the molecule is CCOc1cc(C2NC(=S)NC(C)=C2C(=O)Nc2cc(C)on2)ccc1O. The Morgan fingerprint density at radius 2 is 2.19 bits per heavy atom. The molecule has 0 aliphatic carbocycles. The highest BCUT2D eigenvalue weighted by Gasteiger charge is 2.31. The smallest absolute Gasteiger partial charge is 0.257 e. The lowest BCUT2D eigenvalue weighted by Gasteiger charge is -2.30. The summed E-state index contributed by atoms with van der Waals surface area (Å²) in [5.41, 5.74) is 1.78. The average Bonchev–Trinajstić information content (AvgIpc) is 3.01. The summed E-state index contributed by atoms with van der Waals surface area (Å²) in [6, 6.07) is 6.03. The quantitative estimate of drug-likeness (QED) is 0.579. The van der Waals surface area contributed by atoms with Gasteiger partial charge in [0.15, 0.2) is 22.4 Å². The van der Waals surface area contributed by atoms with Crippen LogP contribution in [0.3, 0.4) is 0 Å². The maximum absolute atomic E-state index is 12.9. The van der Waals surface area contributed by atoms with E-state index in [1.54, 1.807) is 32.0 Å². The van der Waals surface area contributed by atoms with Crippen LogP contribution < -0.4 is 20.7 Å². The summed E-state index contributed by atoms with van der Waals surface area (Å²) in [4.78, 5) is 12.9. The predicted octanol–water partition coefficient (Wildman–Crippen LogP) is 2.52. The summed E-state index contributed by atoms with van der Waals surface area (Å²) in [5.74, 6) is 0.936. The number of carbonyl (C=O) groups excluding carboxylic acids is 1. The fourth-order valence-corrected chi connectivity index (χ4v) is 3.11. The van der Waals surface area contributed by atoms with Crippen molar-refractivity contribution >= 4 is 29.1 Å². The largest absolute Gasteiger partial charge is 0.504 e.